The number of nitrogens with zero attached hydrogens (tertiary/aromatic N) is 1. The minimum Gasteiger partial charge on any atom is -0.463 e. The molecule has 11 heteroatoms. The summed E-state index contributed by atoms with van der Waals surface area (Å²) in [5.74, 6) is -2.56. The van der Waals surface area contributed by atoms with Gasteiger partial charge in [-0.15, -0.1) is 0 Å². The summed E-state index contributed by atoms with van der Waals surface area (Å²) in [5.41, 5.74) is 1.66. The Kier molecular flexibility index (Phi) is 7.80. The van der Waals surface area contributed by atoms with Gasteiger partial charge in [-0.3, -0.25) is 19.2 Å². The molecule has 2 aliphatic heterocycles. The second-order valence-corrected chi connectivity index (χ2v) is 8.18. The molecule has 1 saturated heterocycles. The normalized spacial score (nSPS) is 26.2. The maximum Gasteiger partial charge on any atom is 0.303 e. The number of hydrogen-bond donors (Lipinski definition) is 0. The highest BCUT2D eigenvalue weighted by Gasteiger charge is 2.54. The van der Waals surface area contributed by atoms with Gasteiger partial charge in [0, 0.05) is 44.9 Å². The van der Waals surface area contributed by atoms with Gasteiger partial charge in [-0.05, 0) is 24.1 Å². The molecule has 5 atom stereocenters. The van der Waals surface area contributed by atoms with Crippen LogP contribution in [0, 0.1) is 0 Å². The fraction of sp³-hybridized carbons (Fsp3) is 0.545. The number of ether oxygens (including phenoxy) is 5. The van der Waals surface area contributed by atoms with Gasteiger partial charge in [-0.2, -0.15) is 0 Å². The standard InChI is InChI=1S/C22H26ClNO9/c1-11(25)29-10-18-19(30-12(2)26)20(31-13(3)27)21(32-14(4)28)22(33-18)24-9-8-15-16(23)6-5-7-17(15)24/h5-7,18-22H,8-10H2,1-4H3/t18-,19+,20+,21-,22-/m1/s1. The zero-order valence-corrected chi connectivity index (χ0v) is 19.5. The van der Waals surface area contributed by atoms with Crippen molar-refractivity contribution in [1.82, 2.24) is 0 Å². The van der Waals surface area contributed by atoms with Crippen LogP contribution in [-0.2, 0) is 49.3 Å². The Labute approximate surface area is 196 Å². The van der Waals surface area contributed by atoms with Crippen LogP contribution >= 0.6 is 11.6 Å². The molecule has 33 heavy (non-hydrogen) atoms. The van der Waals surface area contributed by atoms with E-state index in [0.717, 1.165) is 11.3 Å². The number of esters is 4. The Morgan fingerprint density at radius 2 is 1.55 bits per heavy atom. The molecule has 1 fully saturated rings. The van der Waals surface area contributed by atoms with E-state index < -0.39 is 54.5 Å². The Morgan fingerprint density at radius 1 is 0.939 bits per heavy atom. The van der Waals surface area contributed by atoms with E-state index in [2.05, 4.69) is 0 Å². The van der Waals surface area contributed by atoms with E-state index in [4.69, 9.17) is 35.3 Å². The number of halogens is 1. The zero-order chi connectivity index (χ0) is 24.3. The molecule has 10 nitrogen and oxygen atoms in total. The monoisotopic (exact) mass is 483 g/mol. The number of carbonyl (C=O) groups is 4. The molecule has 1 aromatic rings. The third-order valence-corrected chi connectivity index (χ3v) is 5.63. The van der Waals surface area contributed by atoms with E-state index in [9.17, 15) is 19.2 Å². The molecule has 180 valence electrons. The molecule has 0 N–H and O–H groups in total. The predicted octanol–water partition coefficient (Wildman–Crippen LogP) is 1.79. The molecule has 0 amide bonds. The summed E-state index contributed by atoms with van der Waals surface area (Å²) in [7, 11) is 0. The highest BCUT2D eigenvalue weighted by atomic mass is 35.5. The van der Waals surface area contributed by atoms with Crippen molar-refractivity contribution in [3.8, 4) is 0 Å². The first-order valence-corrected chi connectivity index (χ1v) is 10.8. The van der Waals surface area contributed by atoms with Gasteiger partial charge in [-0.25, -0.2) is 0 Å². The van der Waals surface area contributed by atoms with Crippen LogP contribution in [0.25, 0.3) is 0 Å². The van der Waals surface area contributed by atoms with Crippen molar-refractivity contribution < 1.29 is 42.9 Å². The summed E-state index contributed by atoms with van der Waals surface area (Å²) in [4.78, 5) is 49.1. The number of benzene rings is 1. The van der Waals surface area contributed by atoms with Crippen molar-refractivity contribution in [2.75, 3.05) is 18.1 Å². The van der Waals surface area contributed by atoms with Crippen LogP contribution in [0.2, 0.25) is 5.02 Å². The van der Waals surface area contributed by atoms with E-state index in [0.29, 0.717) is 18.0 Å². The fourth-order valence-corrected chi connectivity index (χ4v) is 4.40. The average Bonchev–Trinajstić information content (AvgIpc) is 3.14. The molecule has 0 spiro atoms. The lowest BCUT2D eigenvalue weighted by atomic mass is 9.96. The van der Waals surface area contributed by atoms with E-state index >= 15 is 0 Å². The average molecular weight is 484 g/mol. The minimum absolute atomic E-state index is 0.273. The quantitative estimate of drug-likeness (QED) is 0.437. The molecule has 1 aromatic carbocycles. The summed E-state index contributed by atoms with van der Waals surface area (Å²) in [6.45, 7) is 5.01. The van der Waals surface area contributed by atoms with Crippen LogP contribution in [0.5, 0.6) is 0 Å². The van der Waals surface area contributed by atoms with Gasteiger partial charge in [0.2, 0.25) is 0 Å². The first kappa shape index (κ1) is 24.8. The smallest absolute Gasteiger partial charge is 0.303 e. The largest absolute Gasteiger partial charge is 0.463 e. The van der Waals surface area contributed by atoms with Crippen LogP contribution < -0.4 is 4.90 Å². The first-order valence-electron chi connectivity index (χ1n) is 10.4. The first-order chi connectivity index (χ1) is 15.6. The summed E-state index contributed by atoms with van der Waals surface area (Å²) in [5, 5.41) is 0.584. The number of rotatable bonds is 6. The van der Waals surface area contributed by atoms with E-state index in [1.165, 1.54) is 27.7 Å². The van der Waals surface area contributed by atoms with Gasteiger partial charge in [0.1, 0.15) is 12.7 Å². The SMILES string of the molecule is CC(=O)OC[C@H]1O[C@@H](N2CCc3c(Cl)cccc32)[C@H](OC(C)=O)[C@@H](OC(C)=O)[C@H]1OC(C)=O. The van der Waals surface area contributed by atoms with E-state index in [1.54, 1.807) is 12.1 Å². The maximum atomic E-state index is 12.0. The third-order valence-electron chi connectivity index (χ3n) is 5.28. The van der Waals surface area contributed by atoms with E-state index in [1.807, 2.05) is 11.0 Å². The van der Waals surface area contributed by atoms with Gasteiger partial charge in [0.05, 0.1) is 0 Å². The van der Waals surface area contributed by atoms with Gasteiger partial charge in [0.25, 0.3) is 0 Å². The number of carbonyl (C=O) groups excluding carboxylic acids is 4. The molecule has 0 saturated carbocycles. The molecule has 0 unspecified atom stereocenters. The number of anilines is 1. The molecule has 0 bridgehead atoms. The lowest BCUT2D eigenvalue weighted by molar-refractivity contribution is -0.252. The minimum atomic E-state index is -1.21. The molecule has 0 aliphatic carbocycles. The second-order valence-electron chi connectivity index (χ2n) is 7.77. The Morgan fingerprint density at radius 3 is 2.15 bits per heavy atom. The highest BCUT2D eigenvalue weighted by Crippen LogP contribution is 2.39. The van der Waals surface area contributed by atoms with Crippen LogP contribution in [0.4, 0.5) is 5.69 Å². The molecule has 2 aliphatic rings. The topological polar surface area (TPSA) is 118 Å². The predicted molar refractivity (Wildman–Crippen MR) is 114 cm³/mol. The van der Waals surface area contributed by atoms with Gasteiger partial charge in [-0.1, -0.05) is 17.7 Å². The van der Waals surface area contributed by atoms with Gasteiger partial charge in [0.15, 0.2) is 24.5 Å². The third kappa shape index (κ3) is 5.75. The highest BCUT2D eigenvalue weighted by molar-refractivity contribution is 6.31. The summed E-state index contributed by atoms with van der Waals surface area (Å²) >= 11 is 6.35. The van der Waals surface area contributed by atoms with Crippen LogP contribution in [0.3, 0.4) is 0 Å². The van der Waals surface area contributed by atoms with Crippen molar-refractivity contribution in [3.63, 3.8) is 0 Å². The van der Waals surface area contributed by atoms with E-state index in [-0.39, 0.29) is 6.61 Å². The van der Waals surface area contributed by atoms with Crippen molar-refractivity contribution in [3.05, 3.63) is 28.8 Å². The molecular weight excluding hydrogens is 458 g/mol. The van der Waals surface area contributed by atoms with Crippen molar-refractivity contribution in [2.24, 2.45) is 0 Å². The van der Waals surface area contributed by atoms with Crippen LogP contribution in [0.15, 0.2) is 18.2 Å². The molecular formula is C22H26ClNO9. The van der Waals surface area contributed by atoms with Crippen LogP contribution in [-0.4, -0.2) is 67.7 Å². The lowest BCUT2D eigenvalue weighted by Crippen LogP contribution is -2.66. The lowest BCUT2D eigenvalue weighted by Gasteiger charge is -2.47. The van der Waals surface area contributed by atoms with Crippen molar-refractivity contribution in [1.29, 1.82) is 0 Å². The molecule has 2 heterocycles. The zero-order valence-electron chi connectivity index (χ0n) is 18.7. The van der Waals surface area contributed by atoms with Crippen molar-refractivity contribution in [2.45, 2.75) is 64.8 Å². The Balaban J connectivity index is 2.05. The summed E-state index contributed by atoms with van der Waals surface area (Å²) < 4.78 is 27.8. The Bertz CT molecular complexity index is 936. The number of hydrogen-bond acceptors (Lipinski definition) is 10. The Hall–Kier alpha value is -2.85. The fourth-order valence-electron chi connectivity index (χ4n) is 4.14. The molecule has 0 radical (unpaired) electrons. The summed E-state index contributed by atoms with van der Waals surface area (Å²) in [6, 6.07) is 5.41. The maximum absolute atomic E-state index is 12.0. The van der Waals surface area contributed by atoms with Crippen LogP contribution in [0.1, 0.15) is 33.3 Å². The molecule has 0 aromatic heterocycles. The van der Waals surface area contributed by atoms with Crippen molar-refractivity contribution >= 4 is 41.2 Å². The summed E-state index contributed by atoms with van der Waals surface area (Å²) in [6.07, 6.45) is -4.87. The molecule has 3 rings (SSSR count). The second kappa shape index (κ2) is 10.4. The number of fused-ring (bicyclic) bond motifs is 1. The van der Waals surface area contributed by atoms with Gasteiger partial charge < -0.3 is 28.6 Å². The van der Waals surface area contributed by atoms with Gasteiger partial charge >= 0.3 is 23.9 Å².